The van der Waals surface area contributed by atoms with E-state index < -0.39 is 48.3 Å². The first-order chi connectivity index (χ1) is 66.1. The van der Waals surface area contributed by atoms with E-state index in [1.54, 1.807) is 0 Å². The molecule has 26 rings (SSSR count). The second-order valence-electron chi connectivity index (χ2n) is 30.7. The van der Waals surface area contributed by atoms with Gasteiger partial charge in [0.2, 0.25) is 0 Å². The normalized spacial score (nSPS) is 13.9. The lowest BCUT2D eigenvalue weighted by Gasteiger charge is -2.19. The van der Waals surface area contributed by atoms with E-state index in [4.69, 9.17) is 28.6 Å². The monoisotopic (exact) mass is 1540 g/mol. The summed E-state index contributed by atoms with van der Waals surface area (Å²) in [7, 11) is 0. The minimum Gasteiger partial charge on any atom is -0.456 e. The molecule has 0 aliphatic rings. The van der Waals surface area contributed by atoms with E-state index in [0.29, 0.717) is 44.6 Å². The van der Waals surface area contributed by atoms with Gasteiger partial charge in [0.05, 0.1) is 21.9 Å². The lowest BCUT2D eigenvalue weighted by atomic mass is 9.84. The first-order valence-corrected chi connectivity index (χ1v) is 39.8. The van der Waals surface area contributed by atoms with Crippen molar-refractivity contribution >= 4 is 174 Å². The third-order valence-corrected chi connectivity index (χ3v) is 24.1. The van der Waals surface area contributed by atoms with Crippen LogP contribution in [0.4, 0.5) is 0 Å². The number of para-hydroxylation sites is 2. The molecule has 0 aliphatic carbocycles. The van der Waals surface area contributed by atoms with Crippen LogP contribution in [0, 0.1) is 0 Å². The van der Waals surface area contributed by atoms with Gasteiger partial charge in [-0.25, -0.2) is 0 Å². The fourth-order valence-corrected chi connectivity index (χ4v) is 18.7. The SMILES string of the molecule is [2H]c1c([2H])c([2H])c2c(-c3cc4oc5cc(-c6ccccc6)c6ccccc6c5c4c4ccccc34)c3c([2H])c([2H])c([2H])c([2H])c3c(-c3ccc(-c4cccc5c4oc4ccccc45)cc3)c2c1[2H].[2H]c1c([2H])c([2H])c2c(-c3cccc(-c4ccc5c(c4)oc4cc6ccccc6cc45)c3)c3c([2H])c([2H])c([2H])c([2H])c3c(-c3cccc(-c4ccc5c(c4)oc4cc6ccccc6cc45)c3)c2c1[2H]. The van der Waals surface area contributed by atoms with E-state index >= 15 is 0 Å². The van der Waals surface area contributed by atoms with Gasteiger partial charge in [-0.15, -0.1) is 0 Å². The third-order valence-electron chi connectivity index (χ3n) is 24.1. The van der Waals surface area contributed by atoms with Crippen molar-refractivity contribution in [2.75, 3.05) is 0 Å². The molecule has 0 saturated carbocycles. The van der Waals surface area contributed by atoms with Crippen molar-refractivity contribution in [3.8, 4) is 89.0 Å². The zero-order valence-corrected chi connectivity index (χ0v) is 63.7. The Morgan fingerprint density at radius 2 is 0.492 bits per heavy atom. The van der Waals surface area contributed by atoms with Crippen molar-refractivity contribution in [2.24, 2.45) is 0 Å². The summed E-state index contributed by atoms with van der Waals surface area (Å²) in [6.45, 7) is 0. The van der Waals surface area contributed by atoms with Crippen LogP contribution in [0.25, 0.3) is 263 Å². The van der Waals surface area contributed by atoms with Crippen molar-refractivity contribution in [1.82, 2.24) is 0 Å². The lowest BCUT2D eigenvalue weighted by molar-refractivity contribution is 0.669. The number of hydrogen-bond donors (Lipinski definition) is 0. The molecule has 4 heterocycles. The molecule has 4 aromatic heterocycles. The summed E-state index contributed by atoms with van der Waals surface area (Å²) in [6.07, 6.45) is 0. The summed E-state index contributed by atoms with van der Waals surface area (Å²) in [5.74, 6) is 0. The predicted octanol–water partition coefficient (Wildman–Crippen LogP) is 33.5. The Bertz CT molecular complexity index is 9400. The Morgan fingerprint density at radius 3 is 1.00 bits per heavy atom. The molecule has 0 fully saturated rings. The molecule has 22 aromatic carbocycles. The van der Waals surface area contributed by atoms with Crippen LogP contribution >= 0.6 is 0 Å². The lowest BCUT2D eigenvalue weighted by Crippen LogP contribution is -1.92. The molecule has 120 heavy (non-hydrogen) atoms. The Balaban J connectivity index is 0.000000145. The van der Waals surface area contributed by atoms with E-state index in [1.165, 1.54) is 0 Å². The van der Waals surface area contributed by atoms with Crippen molar-refractivity contribution in [3.05, 3.63) is 412 Å². The molecule has 0 radical (unpaired) electrons. The first kappa shape index (κ1) is 53.3. The molecule has 0 bridgehead atoms. The highest BCUT2D eigenvalue weighted by Crippen LogP contribution is 2.52. The maximum Gasteiger partial charge on any atom is 0.143 e. The molecule has 0 spiro atoms. The Morgan fingerprint density at radius 1 is 0.158 bits per heavy atom. The molecular weight excluding hydrogens is 1460 g/mol. The number of hydrogen-bond acceptors (Lipinski definition) is 4. The van der Waals surface area contributed by atoms with Gasteiger partial charge < -0.3 is 17.7 Å². The third kappa shape index (κ3) is 10.7. The molecule has 556 valence electrons. The standard InChI is InChI=1S/2C58H34O2/c1-3-13-39-31-55-51(29-37(39)11-1)45-25-23-41(33-53(45)59-55)35-15-9-17-43(27-35)57-47-19-5-7-21-49(47)58(50-22-8-6-20-48(50)57)44-18-10-16-36(28-44)42-24-26-46-52-30-38-12-2-4-14-40(38)32-56(52)60-54(46)34-42;1-2-15-35(16-3-1)49-33-52-56(42-20-6-4-17-39(42)49)57-43-21-7-5-18-40(43)50(34-53(57)59-52)55-46-24-10-8-22-44(46)54(45-23-9-11-25-47(45)55)37-31-29-36(30-32-37)38-26-14-27-48-41-19-12-13-28-51(41)60-58(38)48/h2*1-34H/i5D,6D,7D,8D,19D,20D,21D,22D;8D,9D,10D,11D,22D,23D,24D,25D. The van der Waals surface area contributed by atoms with Gasteiger partial charge in [0.1, 0.15) is 44.7 Å². The van der Waals surface area contributed by atoms with Crippen LogP contribution < -0.4 is 0 Å². The van der Waals surface area contributed by atoms with Crippen molar-refractivity contribution < 1.29 is 39.6 Å². The van der Waals surface area contributed by atoms with E-state index in [9.17, 15) is 11.0 Å². The van der Waals surface area contributed by atoms with Crippen molar-refractivity contribution in [3.63, 3.8) is 0 Å². The van der Waals surface area contributed by atoms with Gasteiger partial charge >= 0.3 is 0 Å². The van der Waals surface area contributed by atoms with Crippen LogP contribution in [0.5, 0.6) is 0 Å². The van der Waals surface area contributed by atoms with Gasteiger partial charge in [0.15, 0.2) is 0 Å². The zero-order chi connectivity index (χ0) is 92.5. The van der Waals surface area contributed by atoms with Crippen LogP contribution in [0.15, 0.2) is 430 Å². The van der Waals surface area contributed by atoms with Crippen LogP contribution in [-0.2, 0) is 0 Å². The second kappa shape index (κ2) is 26.9. The summed E-state index contributed by atoms with van der Waals surface area (Å²) in [4.78, 5) is 0. The second-order valence-corrected chi connectivity index (χ2v) is 30.7. The van der Waals surface area contributed by atoms with Gasteiger partial charge in [0.25, 0.3) is 0 Å². The van der Waals surface area contributed by atoms with Gasteiger partial charge in [-0.2, -0.15) is 0 Å². The number of benzene rings is 22. The molecule has 0 N–H and O–H groups in total. The highest BCUT2D eigenvalue weighted by atomic mass is 16.3. The average Bonchev–Trinajstić information content (AvgIpc) is 0.972. The Labute approximate surface area is 711 Å². The smallest absolute Gasteiger partial charge is 0.143 e. The van der Waals surface area contributed by atoms with Crippen LogP contribution in [0.3, 0.4) is 0 Å². The highest BCUT2D eigenvalue weighted by molar-refractivity contribution is 6.33. The van der Waals surface area contributed by atoms with Gasteiger partial charge in [-0.3, -0.25) is 0 Å². The number of fused-ring (bicyclic) bond motifs is 22. The van der Waals surface area contributed by atoms with Crippen molar-refractivity contribution in [1.29, 1.82) is 0 Å². The zero-order valence-electron chi connectivity index (χ0n) is 79.7. The van der Waals surface area contributed by atoms with Crippen LogP contribution in [-0.4, -0.2) is 0 Å². The fraction of sp³-hybridized carbons (Fsp3) is 0. The number of furan rings is 4. The van der Waals surface area contributed by atoms with Crippen LogP contribution in [0.2, 0.25) is 0 Å². The van der Waals surface area contributed by atoms with E-state index in [1.807, 2.05) is 249 Å². The predicted molar refractivity (Wildman–Crippen MR) is 506 cm³/mol. The van der Waals surface area contributed by atoms with E-state index in [2.05, 4.69) is 66.7 Å². The molecule has 4 heteroatoms. The maximum absolute atomic E-state index is 9.68. The van der Waals surface area contributed by atoms with Crippen LogP contribution in [0.1, 0.15) is 21.9 Å². The van der Waals surface area contributed by atoms with Crippen molar-refractivity contribution in [2.45, 2.75) is 0 Å². The molecule has 0 saturated heterocycles. The van der Waals surface area contributed by atoms with Gasteiger partial charge in [-0.1, -0.05) is 333 Å². The first-order valence-electron chi connectivity index (χ1n) is 47.8. The highest BCUT2D eigenvalue weighted by Gasteiger charge is 2.26. The fourth-order valence-electron chi connectivity index (χ4n) is 18.7. The Kier molecular flexibility index (Phi) is 11.9. The molecular formula is C116H68O4. The largest absolute Gasteiger partial charge is 0.456 e. The number of rotatable bonds is 8. The van der Waals surface area contributed by atoms with E-state index in [0.717, 1.165) is 153 Å². The summed E-state index contributed by atoms with van der Waals surface area (Å²) < 4.78 is 175. The molecule has 0 amide bonds. The molecule has 0 atom stereocenters. The molecule has 0 unspecified atom stereocenters. The molecule has 26 aromatic rings. The quantitative estimate of drug-likeness (QED) is 0.142. The summed E-state index contributed by atoms with van der Waals surface area (Å²) in [6, 6.07) is 97.2. The van der Waals surface area contributed by atoms with Gasteiger partial charge in [0, 0.05) is 48.7 Å². The van der Waals surface area contributed by atoms with Gasteiger partial charge in [-0.05, 0) is 248 Å². The van der Waals surface area contributed by atoms with E-state index in [-0.39, 0.29) is 114 Å². The summed E-state index contributed by atoms with van der Waals surface area (Å²) >= 11 is 0. The maximum atomic E-state index is 9.68. The molecule has 0 aliphatic heterocycles. The molecule has 4 nitrogen and oxygen atoms in total. The summed E-state index contributed by atoms with van der Waals surface area (Å²) in [5, 5.41) is 16.9. The topological polar surface area (TPSA) is 52.6 Å². The summed E-state index contributed by atoms with van der Waals surface area (Å²) in [5.41, 5.74) is 15.8. The minimum atomic E-state index is -0.460. The Hall–Kier alpha value is -15.9. The minimum absolute atomic E-state index is 0.136. The average molecular weight is 1540 g/mol.